The Morgan fingerprint density at radius 2 is 1.84 bits per heavy atom. The van der Waals surface area contributed by atoms with Crippen molar-refractivity contribution in [1.29, 1.82) is 10.5 Å². The van der Waals surface area contributed by atoms with Crippen LogP contribution in [0.2, 0.25) is 5.02 Å². The van der Waals surface area contributed by atoms with E-state index in [0.29, 0.717) is 11.1 Å². The molecule has 0 aliphatic rings. The highest BCUT2D eigenvalue weighted by molar-refractivity contribution is 6.32. The molecule has 0 bridgehead atoms. The summed E-state index contributed by atoms with van der Waals surface area (Å²) >= 11 is 6.20. The van der Waals surface area contributed by atoms with Gasteiger partial charge in [0.1, 0.15) is 5.75 Å². The molecule has 1 N–H and O–H groups in total. The minimum Gasteiger partial charge on any atom is -0.481 e. The predicted molar refractivity (Wildman–Crippen MR) is 128 cm³/mol. The summed E-state index contributed by atoms with van der Waals surface area (Å²) in [4.78, 5) is 22.5. The van der Waals surface area contributed by atoms with Gasteiger partial charge in [-0.25, -0.2) is 9.07 Å². The Morgan fingerprint density at radius 1 is 1.11 bits per heavy atom. The number of carbonyl (C=O) groups is 2. The molecule has 0 aliphatic carbocycles. The van der Waals surface area contributed by atoms with Gasteiger partial charge >= 0.3 is 11.9 Å². The van der Waals surface area contributed by atoms with E-state index < -0.39 is 17.8 Å². The number of nitriles is 2. The molecule has 2 heterocycles. The van der Waals surface area contributed by atoms with Crippen LogP contribution in [0, 0.1) is 28.5 Å². The number of ether oxygens (including phenoxy) is 2. The number of nitrogens with zero attached hydrogens (tertiary/aromatic N) is 6. The normalized spacial score (nSPS) is 10.5. The first-order chi connectivity index (χ1) is 18.3. The summed E-state index contributed by atoms with van der Waals surface area (Å²) < 4.78 is 27.6. The number of esters is 1. The van der Waals surface area contributed by atoms with Crippen LogP contribution in [-0.4, -0.2) is 37.0 Å². The molecule has 4 aromatic rings. The third kappa shape index (κ3) is 5.83. The van der Waals surface area contributed by atoms with Gasteiger partial charge in [-0.05, 0) is 35.9 Å². The Bertz CT molecular complexity index is 1610. The van der Waals surface area contributed by atoms with E-state index in [1.54, 1.807) is 6.07 Å². The summed E-state index contributed by atoms with van der Waals surface area (Å²) in [5.74, 6) is -2.86. The van der Waals surface area contributed by atoms with Crippen LogP contribution in [0.25, 0.3) is 11.0 Å². The van der Waals surface area contributed by atoms with Crippen molar-refractivity contribution in [1.82, 2.24) is 20.0 Å². The number of halogens is 2. The second-order valence-electron chi connectivity index (χ2n) is 7.85. The molecule has 0 amide bonds. The van der Waals surface area contributed by atoms with Gasteiger partial charge < -0.3 is 14.6 Å². The maximum atomic E-state index is 15.6. The molecule has 0 unspecified atom stereocenters. The first kappa shape index (κ1) is 26.0. The molecule has 38 heavy (non-hydrogen) atoms. The van der Waals surface area contributed by atoms with E-state index in [-0.39, 0.29) is 64.9 Å². The molecule has 4 rings (SSSR count). The minimum absolute atomic E-state index is 0.0246. The zero-order chi connectivity index (χ0) is 27.2. The van der Waals surface area contributed by atoms with Gasteiger partial charge in [-0.1, -0.05) is 17.7 Å². The molecule has 2 aromatic heterocycles. The summed E-state index contributed by atoms with van der Waals surface area (Å²) in [5.41, 5.74) is 1.16. The van der Waals surface area contributed by atoms with Crippen LogP contribution in [0.3, 0.4) is 0 Å². The lowest BCUT2D eigenvalue weighted by Crippen LogP contribution is -2.12. The average Bonchev–Trinajstić information content (AvgIpc) is 3.27. The van der Waals surface area contributed by atoms with E-state index >= 15 is 4.39 Å². The Kier molecular flexibility index (Phi) is 7.75. The molecule has 0 saturated carbocycles. The third-order valence-corrected chi connectivity index (χ3v) is 5.56. The van der Waals surface area contributed by atoms with Crippen molar-refractivity contribution >= 4 is 34.6 Å². The van der Waals surface area contributed by atoms with E-state index in [2.05, 4.69) is 15.3 Å². The van der Waals surface area contributed by atoms with Crippen LogP contribution in [0.4, 0.5) is 4.39 Å². The van der Waals surface area contributed by atoms with Gasteiger partial charge in [0.2, 0.25) is 0 Å². The number of rotatable bonds is 9. The van der Waals surface area contributed by atoms with Gasteiger partial charge in [-0.3, -0.25) is 9.59 Å². The lowest BCUT2D eigenvalue weighted by Gasteiger charge is -2.12. The Morgan fingerprint density at radius 3 is 2.53 bits per heavy atom. The number of carboxylic acid groups (broad SMARTS) is 1. The van der Waals surface area contributed by atoms with Crippen molar-refractivity contribution in [2.45, 2.75) is 26.0 Å². The molecule has 11 nitrogen and oxygen atoms in total. The second kappa shape index (κ2) is 11.3. The summed E-state index contributed by atoms with van der Waals surface area (Å²) in [7, 11) is 0. The Labute approximate surface area is 219 Å². The van der Waals surface area contributed by atoms with Gasteiger partial charge in [0, 0.05) is 11.8 Å². The lowest BCUT2D eigenvalue weighted by molar-refractivity contribution is -0.150. The molecule has 0 fully saturated rings. The van der Waals surface area contributed by atoms with Crippen molar-refractivity contribution in [3.63, 3.8) is 0 Å². The SMILES string of the molecule is N#Cc1cc(C#N)cc(Oc2c(Cl)ccc(Cc3nn(COC(=O)CCC(=O)O)c4nnccc34)c2F)c1. The van der Waals surface area contributed by atoms with Crippen molar-refractivity contribution in [3.05, 3.63) is 75.8 Å². The number of hydrogen-bond donors (Lipinski definition) is 1. The number of aromatic nitrogens is 4. The Hall–Kier alpha value is -5.07. The number of carbonyl (C=O) groups excluding carboxylic acids is 1. The van der Waals surface area contributed by atoms with Gasteiger partial charge in [-0.2, -0.15) is 20.7 Å². The summed E-state index contributed by atoms with van der Waals surface area (Å²) in [6, 6.07) is 12.4. The van der Waals surface area contributed by atoms with E-state index in [4.69, 9.17) is 26.2 Å². The molecule has 0 aliphatic heterocycles. The van der Waals surface area contributed by atoms with Crippen LogP contribution in [-0.2, 0) is 27.5 Å². The topological polar surface area (TPSA) is 164 Å². The zero-order valence-electron chi connectivity index (χ0n) is 19.4. The summed E-state index contributed by atoms with van der Waals surface area (Å²) in [6.45, 7) is -0.346. The summed E-state index contributed by atoms with van der Waals surface area (Å²) in [5, 5.41) is 39.8. The highest BCUT2D eigenvalue weighted by Gasteiger charge is 2.20. The first-order valence-electron chi connectivity index (χ1n) is 10.9. The molecule has 13 heteroatoms. The van der Waals surface area contributed by atoms with Crippen molar-refractivity contribution in [2.75, 3.05) is 0 Å². The van der Waals surface area contributed by atoms with Crippen molar-refractivity contribution < 1.29 is 28.6 Å². The fourth-order valence-corrected chi connectivity index (χ4v) is 3.70. The number of fused-ring (bicyclic) bond motifs is 1. The van der Waals surface area contributed by atoms with Crippen LogP contribution in [0.5, 0.6) is 11.5 Å². The molecule has 2 aromatic carbocycles. The Balaban J connectivity index is 1.61. The van der Waals surface area contributed by atoms with Crippen LogP contribution >= 0.6 is 11.6 Å². The van der Waals surface area contributed by atoms with Gasteiger partial charge in [0.05, 0.1) is 53.0 Å². The molecule has 190 valence electrons. The maximum Gasteiger partial charge on any atom is 0.308 e. The quantitative estimate of drug-likeness (QED) is 0.309. The van der Waals surface area contributed by atoms with Crippen LogP contribution < -0.4 is 4.74 Å². The number of carboxylic acids is 1. The van der Waals surface area contributed by atoms with Gasteiger partial charge in [0.25, 0.3) is 0 Å². The van der Waals surface area contributed by atoms with Gasteiger partial charge in [0.15, 0.2) is 23.9 Å². The van der Waals surface area contributed by atoms with Crippen LogP contribution in [0.1, 0.15) is 35.2 Å². The summed E-state index contributed by atoms with van der Waals surface area (Å²) in [6.07, 6.45) is 0.725. The van der Waals surface area contributed by atoms with E-state index in [9.17, 15) is 20.1 Å². The second-order valence-corrected chi connectivity index (χ2v) is 8.26. The van der Waals surface area contributed by atoms with E-state index in [1.165, 1.54) is 41.2 Å². The van der Waals surface area contributed by atoms with Crippen molar-refractivity contribution in [2.24, 2.45) is 0 Å². The van der Waals surface area contributed by atoms with Crippen LogP contribution in [0.15, 0.2) is 42.6 Å². The molecular formula is C25H16ClFN6O5. The molecule has 0 spiro atoms. The fraction of sp³-hybridized carbons (Fsp3) is 0.160. The number of benzene rings is 2. The molecule has 0 saturated heterocycles. The first-order valence-corrected chi connectivity index (χ1v) is 11.3. The predicted octanol–water partition coefficient (Wildman–Crippen LogP) is 4.11. The smallest absolute Gasteiger partial charge is 0.308 e. The zero-order valence-corrected chi connectivity index (χ0v) is 20.1. The fourth-order valence-electron chi connectivity index (χ4n) is 3.51. The largest absolute Gasteiger partial charge is 0.481 e. The van der Waals surface area contributed by atoms with E-state index in [0.717, 1.165) is 0 Å². The average molecular weight is 535 g/mol. The number of hydrogen-bond acceptors (Lipinski definition) is 9. The maximum absolute atomic E-state index is 15.6. The lowest BCUT2D eigenvalue weighted by atomic mass is 10.1. The van der Waals surface area contributed by atoms with Gasteiger partial charge in [-0.15, -0.1) is 5.10 Å². The molecule has 0 radical (unpaired) electrons. The third-order valence-electron chi connectivity index (χ3n) is 5.26. The standard InChI is InChI=1S/C25H16ClFN6O5/c26-19-2-1-16(23(27)24(19)38-17-8-14(11-28)7-15(9-17)12-29)10-20-18-5-6-30-31-25(18)33(32-20)13-37-22(36)4-3-21(34)35/h1-2,5-9H,3-4,10,13H2,(H,34,35). The number of aliphatic carboxylic acids is 1. The minimum atomic E-state index is -1.13. The van der Waals surface area contributed by atoms with Crippen molar-refractivity contribution in [3.8, 4) is 23.6 Å². The monoisotopic (exact) mass is 534 g/mol. The van der Waals surface area contributed by atoms with E-state index in [1.807, 2.05) is 12.1 Å². The molecular weight excluding hydrogens is 519 g/mol. The highest BCUT2D eigenvalue weighted by Crippen LogP contribution is 2.35. The highest BCUT2D eigenvalue weighted by atomic mass is 35.5. The molecule has 0 atom stereocenters.